The quantitative estimate of drug-likeness (QED) is 0.600. The molecule has 90 valence electrons. The van der Waals surface area contributed by atoms with Crippen molar-refractivity contribution in [3.63, 3.8) is 0 Å². The molecule has 6 heteroatoms. The lowest BCUT2D eigenvalue weighted by atomic mass is 10.3. The molecule has 0 aromatic carbocycles. The van der Waals surface area contributed by atoms with Gasteiger partial charge >= 0.3 is 0 Å². The van der Waals surface area contributed by atoms with Crippen molar-refractivity contribution in [1.29, 1.82) is 0 Å². The van der Waals surface area contributed by atoms with E-state index in [1.807, 2.05) is 0 Å². The molecule has 1 heterocycles. The summed E-state index contributed by atoms with van der Waals surface area (Å²) in [5.41, 5.74) is 0.408. The second-order valence-electron chi connectivity index (χ2n) is 3.58. The Kier molecular flexibility index (Phi) is 4.15. The van der Waals surface area contributed by atoms with Crippen molar-refractivity contribution in [3.05, 3.63) is 17.8 Å². The number of Topliss-reactive ketones (excluding diaryl/α,β-unsaturated/α-hetero) is 1. The van der Waals surface area contributed by atoms with Gasteiger partial charge in [-0.1, -0.05) is 0 Å². The van der Waals surface area contributed by atoms with E-state index in [-0.39, 0.29) is 10.8 Å². The molecule has 0 bridgehead atoms. The third-order valence-electron chi connectivity index (χ3n) is 2.20. The number of carbonyl (C=O) groups excluding carboxylic acids is 1. The summed E-state index contributed by atoms with van der Waals surface area (Å²) < 4.78 is 24.5. The van der Waals surface area contributed by atoms with E-state index in [4.69, 9.17) is 11.6 Å². The van der Waals surface area contributed by atoms with Crippen LogP contribution in [0.1, 0.15) is 23.8 Å². The van der Waals surface area contributed by atoms with Gasteiger partial charge in [-0.2, -0.15) is 0 Å². The highest BCUT2D eigenvalue weighted by Crippen LogP contribution is 2.16. The maximum absolute atomic E-state index is 11.5. The largest absolute Gasteiger partial charge is 0.329 e. The first-order chi connectivity index (χ1) is 7.38. The van der Waals surface area contributed by atoms with Gasteiger partial charge in [0, 0.05) is 25.6 Å². The zero-order chi connectivity index (χ0) is 12.3. The van der Waals surface area contributed by atoms with Gasteiger partial charge in [0.2, 0.25) is 0 Å². The topological polar surface area (TPSA) is 56.1 Å². The molecule has 16 heavy (non-hydrogen) atoms. The molecule has 0 aliphatic rings. The molecule has 0 saturated heterocycles. The summed E-state index contributed by atoms with van der Waals surface area (Å²) in [4.78, 5) is 11.3. The molecular weight excluding hydrogens is 250 g/mol. The third-order valence-corrected chi connectivity index (χ3v) is 3.58. The highest BCUT2D eigenvalue weighted by molar-refractivity contribution is 7.90. The molecule has 0 fully saturated rings. The van der Waals surface area contributed by atoms with Crippen LogP contribution in [-0.2, 0) is 16.4 Å². The van der Waals surface area contributed by atoms with Gasteiger partial charge < -0.3 is 4.57 Å². The van der Waals surface area contributed by atoms with Crippen LogP contribution in [0.4, 0.5) is 0 Å². The Morgan fingerprint density at radius 1 is 1.44 bits per heavy atom. The summed E-state index contributed by atoms with van der Waals surface area (Å²) in [6, 6.07) is 2.99. The van der Waals surface area contributed by atoms with E-state index in [1.54, 1.807) is 0 Å². The lowest BCUT2D eigenvalue weighted by molar-refractivity contribution is 0.100. The van der Waals surface area contributed by atoms with Gasteiger partial charge in [0.05, 0.1) is 5.69 Å². The van der Waals surface area contributed by atoms with Crippen LogP contribution in [0.3, 0.4) is 0 Å². The van der Waals surface area contributed by atoms with E-state index >= 15 is 0 Å². The molecule has 0 spiro atoms. The van der Waals surface area contributed by atoms with Crippen LogP contribution in [-0.4, -0.2) is 30.9 Å². The van der Waals surface area contributed by atoms with E-state index in [0.29, 0.717) is 24.5 Å². The predicted octanol–water partition coefficient (Wildman–Crippen LogP) is 1.72. The maximum atomic E-state index is 11.5. The molecule has 4 nitrogen and oxygen atoms in total. The first-order valence-electron chi connectivity index (χ1n) is 4.84. The summed E-state index contributed by atoms with van der Waals surface area (Å²) in [5.74, 6) is 0.281. The van der Waals surface area contributed by atoms with Gasteiger partial charge in [0.1, 0.15) is 5.03 Å². The summed E-state index contributed by atoms with van der Waals surface area (Å²) in [6.45, 7) is 1.85. The first kappa shape index (κ1) is 13.3. The van der Waals surface area contributed by atoms with E-state index in [9.17, 15) is 13.2 Å². The number of rotatable bonds is 5. The molecule has 0 atom stereocenters. The molecule has 0 radical (unpaired) electrons. The Morgan fingerprint density at radius 2 is 2.06 bits per heavy atom. The molecular formula is C10H14ClNO3S. The Labute approximate surface area is 100 Å². The SMILES string of the molecule is CC(=O)c1ccc(S(C)(=O)=O)n1CCCCl. The minimum atomic E-state index is -3.31. The first-order valence-corrected chi connectivity index (χ1v) is 7.27. The predicted molar refractivity (Wildman–Crippen MR) is 62.9 cm³/mol. The average Bonchev–Trinajstić information content (AvgIpc) is 2.57. The van der Waals surface area contributed by atoms with Gasteiger partial charge in [-0.3, -0.25) is 4.79 Å². The molecule has 0 aliphatic carbocycles. The minimum Gasteiger partial charge on any atom is -0.329 e. The standard InChI is InChI=1S/C10H14ClNO3S/c1-8(13)9-4-5-10(16(2,14)15)12(9)7-3-6-11/h4-5H,3,6-7H2,1-2H3. The Hall–Kier alpha value is -0.810. The number of carbonyl (C=O) groups is 1. The van der Waals surface area contributed by atoms with Crippen LogP contribution in [0.2, 0.25) is 0 Å². The summed E-state index contributed by atoms with van der Waals surface area (Å²) in [5, 5.41) is 0.169. The summed E-state index contributed by atoms with van der Waals surface area (Å²) >= 11 is 5.57. The number of ketones is 1. The minimum absolute atomic E-state index is 0.149. The van der Waals surface area contributed by atoms with Crippen molar-refractivity contribution in [2.24, 2.45) is 0 Å². The lowest BCUT2D eigenvalue weighted by Crippen LogP contribution is -2.13. The van der Waals surface area contributed by atoms with Crippen LogP contribution < -0.4 is 0 Å². The van der Waals surface area contributed by atoms with Gasteiger partial charge in [-0.15, -0.1) is 11.6 Å². The monoisotopic (exact) mass is 263 g/mol. The van der Waals surface area contributed by atoms with Crippen LogP contribution >= 0.6 is 11.6 Å². The van der Waals surface area contributed by atoms with Crippen molar-refractivity contribution in [2.75, 3.05) is 12.1 Å². The van der Waals surface area contributed by atoms with E-state index in [0.717, 1.165) is 6.26 Å². The molecule has 0 saturated carbocycles. The molecule has 0 aliphatic heterocycles. The van der Waals surface area contributed by atoms with Crippen molar-refractivity contribution in [2.45, 2.75) is 24.9 Å². The lowest BCUT2D eigenvalue weighted by Gasteiger charge is -2.09. The zero-order valence-corrected chi connectivity index (χ0v) is 10.8. The van der Waals surface area contributed by atoms with Gasteiger partial charge in [-0.25, -0.2) is 8.42 Å². The molecule has 0 amide bonds. The average molecular weight is 264 g/mol. The Morgan fingerprint density at radius 3 is 2.50 bits per heavy atom. The molecule has 0 unspecified atom stereocenters. The molecule has 0 N–H and O–H groups in total. The smallest absolute Gasteiger partial charge is 0.190 e. The Balaban J connectivity index is 3.25. The van der Waals surface area contributed by atoms with Crippen LogP contribution in [0.25, 0.3) is 0 Å². The maximum Gasteiger partial charge on any atom is 0.190 e. The second-order valence-corrected chi connectivity index (χ2v) is 5.92. The van der Waals surface area contributed by atoms with Gasteiger partial charge in [0.25, 0.3) is 0 Å². The Bertz CT molecular complexity index is 490. The number of halogens is 1. The summed E-state index contributed by atoms with van der Waals surface area (Å²) in [6.07, 6.45) is 1.75. The fourth-order valence-corrected chi connectivity index (χ4v) is 2.55. The number of hydrogen-bond donors (Lipinski definition) is 0. The highest BCUT2D eigenvalue weighted by atomic mass is 35.5. The van der Waals surface area contributed by atoms with Gasteiger partial charge in [-0.05, 0) is 18.6 Å². The molecule has 1 rings (SSSR count). The second kappa shape index (κ2) is 5.01. The number of sulfone groups is 1. The van der Waals surface area contributed by atoms with Gasteiger partial charge in [0.15, 0.2) is 15.6 Å². The van der Waals surface area contributed by atoms with Crippen LogP contribution in [0.5, 0.6) is 0 Å². The fourth-order valence-electron chi connectivity index (χ4n) is 1.53. The van der Waals surface area contributed by atoms with E-state index < -0.39 is 9.84 Å². The number of nitrogens with zero attached hydrogens (tertiary/aromatic N) is 1. The number of hydrogen-bond acceptors (Lipinski definition) is 3. The highest BCUT2D eigenvalue weighted by Gasteiger charge is 2.18. The molecule has 1 aromatic rings. The van der Waals surface area contributed by atoms with E-state index in [2.05, 4.69) is 0 Å². The van der Waals surface area contributed by atoms with Crippen molar-refractivity contribution >= 4 is 27.2 Å². The van der Waals surface area contributed by atoms with Crippen LogP contribution in [0.15, 0.2) is 17.2 Å². The van der Waals surface area contributed by atoms with Crippen LogP contribution in [0, 0.1) is 0 Å². The van der Waals surface area contributed by atoms with Crippen molar-refractivity contribution in [1.82, 2.24) is 4.57 Å². The van der Waals surface area contributed by atoms with Crippen molar-refractivity contribution < 1.29 is 13.2 Å². The zero-order valence-electron chi connectivity index (χ0n) is 9.23. The van der Waals surface area contributed by atoms with E-state index in [1.165, 1.54) is 23.6 Å². The normalized spacial score (nSPS) is 11.7. The number of aromatic nitrogens is 1. The number of alkyl halides is 1. The summed E-state index contributed by atoms with van der Waals surface area (Å²) in [7, 11) is -3.31. The third kappa shape index (κ3) is 2.86. The molecule has 1 aromatic heterocycles. The fraction of sp³-hybridized carbons (Fsp3) is 0.500. The van der Waals surface area contributed by atoms with Crippen molar-refractivity contribution in [3.8, 4) is 0 Å².